The van der Waals surface area contributed by atoms with Gasteiger partial charge in [-0.3, -0.25) is 14.9 Å². The van der Waals surface area contributed by atoms with E-state index in [2.05, 4.69) is 0 Å². The van der Waals surface area contributed by atoms with E-state index in [4.69, 9.17) is 9.47 Å². The molecule has 2 aromatic carbocycles. The van der Waals surface area contributed by atoms with E-state index in [-0.39, 0.29) is 30.3 Å². The Morgan fingerprint density at radius 1 is 1.26 bits per heavy atom. The normalized spacial score (nSPS) is 18.4. The smallest absolute Gasteiger partial charge is 0.360 e. The number of benzene rings is 2. The number of rotatable bonds is 5. The van der Waals surface area contributed by atoms with E-state index < -0.39 is 22.4 Å². The summed E-state index contributed by atoms with van der Waals surface area (Å²) in [6.45, 7) is 3.20. The molecule has 2 aromatic rings. The van der Waals surface area contributed by atoms with Crippen LogP contribution in [-0.2, 0) is 20.9 Å². The van der Waals surface area contributed by atoms with Crippen molar-refractivity contribution in [2.45, 2.75) is 26.0 Å². The van der Waals surface area contributed by atoms with E-state index in [9.17, 15) is 19.7 Å². The maximum Gasteiger partial charge on any atom is 0.360 e. The van der Waals surface area contributed by atoms with Crippen molar-refractivity contribution in [1.82, 2.24) is 0 Å². The van der Waals surface area contributed by atoms with Crippen molar-refractivity contribution < 1.29 is 24.0 Å². The van der Waals surface area contributed by atoms with Gasteiger partial charge in [0.15, 0.2) is 0 Å². The first kappa shape index (κ1) is 18.4. The van der Waals surface area contributed by atoms with Crippen molar-refractivity contribution in [3.8, 4) is 5.75 Å². The van der Waals surface area contributed by atoms with E-state index in [1.165, 1.54) is 30.0 Å². The number of non-ortho nitro benzene ring substituents is 1. The third-order valence-electron chi connectivity index (χ3n) is 4.26. The lowest BCUT2D eigenvalue weighted by molar-refractivity contribution is -0.384. The van der Waals surface area contributed by atoms with Gasteiger partial charge in [0.25, 0.3) is 17.2 Å². The topological polar surface area (TPSA) is 99.0 Å². The number of ether oxygens (including phenoxy) is 2. The number of amides is 1. The van der Waals surface area contributed by atoms with Crippen molar-refractivity contribution in [1.29, 1.82) is 0 Å². The van der Waals surface area contributed by atoms with E-state index in [0.29, 0.717) is 0 Å². The zero-order chi connectivity index (χ0) is 19.6. The van der Waals surface area contributed by atoms with Gasteiger partial charge in [-0.2, -0.15) is 0 Å². The first-order valence-corrected chi connectivity index (χ1v) is 8.37. The van der Waals surface area contributed by atoms with Gasteiger partial charge in [-0.05, 0) is 25.5 Å². The van der Waals surface area contributed by atoms with Gasteiger partial charge in [0.05, 0.1) is 23.8 Å². The second-order valence-electron chi connectivity index (χ2n) is 6.14. The fraction of sp³-hybridized carbons (Fsp3) is 0.263. The minimum absolute atomic E-state index is 0.0941. The summed E-state index contributed by atoms with van der Waals surface area (Å²) in [7, 11) is 0. The zero-order valence-electron chi connectivity index (χ0n) is 14.9. The van der Waals surface area contributed by atoms with Gasteiger partial charge in [0.2, 0.25) is 0 Å². The summed E-state index contributed by atoms with van der Waals surface area (Å²) in [6.07, 6.45) is 0. The SMILES string of the molecule is CCOC(=O)C1(C)Oc2ccc([N+](=O)[O-])cc2N(Cc2ccccc2)C1=O. The molecular formula is C19H18N2O6. The van der Waals surface area contributed by atoms with E-state index in [1.54, 1.807) is 6.92 Å². The van der Waals surface area contributed by atoms with Gasteiger partial charge in [-0.15, -0.1) is 0 Å². The predicted octanol–water partition coefficient (Wildman–Crippen LogP) is 2.84. The van der Waals surface area contributed by atoms with Crippen LogP contribution < -0.4 is 9.64 Å². The maximum atomic E-state index is 13.1. The van der Waals surface area contributed by atoms with E-state index >= 15 is 0 Å². The van der Waals surface area contributed by atoms with Crippen LogP contribution in [0.3, 0.4) is 0 Å². The van der Waals surface area contributed by atoms with Crippen molar-refractivity contribution in [3.05, 3.63) is 64.2 Å². The first-order valence-electron chi connectivity index (χ1n) is 8.37. The third-order valence-corrected chi connectivity index (χ3v) is 4.26. The number of nitrogens with zero attached hydrogens (tertiary/aromatic N) is 2. The molecule has 27 heavy (non-hydrogen) atoms. The monoisotopic (exact) mass is 370 g/mol. The van der Waals surface area contributed by atoms with Gasteiger partial charge < -0.3 is 14.4 Å². The van der Waals surface area contributed by atoms with Gasteiger partial charge in [-0.1, -0.05) is 30.3 Å². The Morgan fingerprint density at radius 3 is 2.59 bits per heavy atom. The van der Waals surface area contributed by atoms with Gasteiger partial charge in [-0.25, -0.2) is 4.79 Å². The molecule has 0 N–H and O–H groups in total. The molecule has 140 valence electrons. The molecule has 0 fully saturated rings. The first-order chi connectivity index (χ1) is 12.9. The standard InChI is InChI=1S/C19H18N2O6/c1-3-26-18(23)19(2)17(22)20(12-13-7-5-4-6-8-13)15-11-14(21(24)25)9-10-16(15)27-19/h4-11H,3,12H2,1-2H3. The summed E-state index contributed by atoms with van der Waals surface area (Å²) in [5.41, 5.74) is -1.01. The highest BCUT2D eigenvalue weighted by atomic mass is 16.6. The fourth-order valence-electron chi connectivity index (χ4n) is 2.87. The average Bonchev–Trinajstić information content (AvgIpc) is 2.66. The molecule has 1 atom stereocenters. The van der Waals surface area contributed by atoms with Gasteiger partial charge >= 0.3 is 5.97 Å². The molecule has 0 spiro atoms. The lowest BCUT2D eigenvalue weighted by Gasteiger charge is -2.38. The Bertz CT molecular complexity index is 898. The Labute approximate surface area is 155 Å². The Kier molecular flexibility index (Phi) is 4.81. The quantitative estimate of drug-likeness (QED) is 0.347. The molecule has 1 unspecified atom stereocenters. The minimum atomic E-state index is -1.87. The second-order valence-corrected chi connectivity index (χ2v) is 6.14. The highest BCUT2D eigenvalue weighted by Crippen LogP contribution is 2.41. The average molecular weight is 370 g/mol. The van der Waals surface area contributed by atoms with Crippen molar-refractivity contribution in [2.24, 2.45) is 0 Å². The molecule has 0 saturated carbocycles. The van der Waals surface area contributed by atoms with Crippen LogP contribution in [-0.4, -0.2) is 29.0 Å². The summed E-state index contributed by atoms with van der Waals surface area (Å²) < 4.78 is 10.7. The largest absolute Gasteiger partial charge is 0.464 e. The van der Waals surface area contributed by atoms with Crippen molar-refractivity contribution in [2.75, 3.05) is 11.5 Å². The number of fused-ring (bicyclic) bond motifs is 1. The van der Waals surface area contributed by atoms with Crippen LogP contribution in [0.25, 0.3) is 0 Å². The molecule has 3 rings (SSSR count). The number of carbonyl (C=O) groups excluding carboxylic acids is 2. The van der Waals surface area contributed by atoms with Crippen molar-refractivity contribution >= 4 is 23.3 Å². The lowest BCUT2D eigenvalue weighted by atomic mass is 10.00. The molecule has 0 saturated heterocycles. The molecule has 1 aliphatic rings. The van der Waals surface area contributed by atoms with Crippen LogP contribution in [0.15, 0.2) is 48.5 Å². The molecule has 0 aliphatic carbocycles. The zero-order valence-corrected chi connectivity index (χ0v) is 14.9. The Balaban J connectivity index is 2.10. The van der Waals surface area contributed by atoms with Crippen LogP contribution in [0.4, 0.5) is 11.4 Å². The number of esters is 1. The van der Waals surface area contributed by atoms with Crippen molar-refractivity contribution in [3.63, 3.8) is 0 Å². The fourth-order valence-corrected chi connectivity index (χ4v) is 2.87. The van der Waals surface area contributed by atoms with E-state index in [0.717, 1.165) is 5.56 Å². The minimum Gasteiger partial charge on any atom is -0.464 e. The summed E-state index contributed by atoms with van der Waals surface area (Å²) in [5.74, 6) is -1.25. The molecule has 0 radical (unpaired) electrons. The summed E-state index contributed by atoms with van der Waals surface area (Å²) >= 11 is 0. The lowest BCUT2D eigenvalue weighted by Crippen LogP contribution is -2.59. The summed E-state index contributed by atoms with van der Waals surface area (Å²) in [4.78, 5) is 37.5. The molecule has 8 heteroatoms. The number of anilines is 1. The Hall–Kier alpha value is -3.42. The number of carbonyl (C=O) groups is 2. The van der Waals surface area contributed by atoms with Crippen LogP contribution >= 0.6 is 0 Å². The third kappa shape index (κ3) is 3.33. The Morgan fingerprint density at radius 2 is 1.96 bits per heavy atom. The highest BCUT2D eigenvalue weighted by molar-refractivity contribution is 6.15. The van der Waals surface area contributed by atoms with Gasteiger partial charge in [0.1, 0.15) is 5.75 Å². The maximum absolute atomic E-state index is 13.1. The predicted molar refractivity (Wildman–Crippen MR) is 96.4 cm³/mol. The van der Waals surface area contributed by atoms with Gasteiger partial charge in [0, 0.05) is 12.1 Å². The second kappa shape index (κ2) is 7.06. The van der Waals surface area contributed by atoms with Crippen LogP contribution in [0.2, 0.25) is 0 Å². The van der Waals surface area contributed by atoms with E-state index in [1.807, 2.05) is 30.3 Å². The number of hydrogen-bond acceptors (Lipinski definition) is 6. The molecule has 1 heterocycles. The molecule has 0 aromatic heterocycles. The number of nitro benzene ring substituents is 1. The molecule has 8 nitrogen and oxygen atoms in total. The molecule has 1 aliphatic heterocycles. The van der Waals surface area contributed by atoms with Crippen LogP contribution in [0.1, 0.15) is 19.4 Å². The van der Waals surface area contributed by atoms with Crippen LogP contribution in [0.5, 0.6) is 5.75 Å². The highest BCUT2D eigenvalue weighted by Gasteiger charge is 2.52. The summed E-state index contributed by atoms with van der Waals surface area (Å²) in [5, 5.41) is 11.1. The number of hydrogen-bond donors (Lipinski definition) is 0. The van der Waals surface area contributed by atoms with Crippen LogP contribution in [0, 0.1) is 10.1 Å². The molecule has 0 bridgehead atoms. The molecular weight excluding hydrogens is 352 g/mol. The summed E-state index contributed by atoms with van der Waals surface area (Å²) in [6, 6.07) is 13.0. The number of nitro groups is 1. The molecule has 1 amide bonds.